The highest BCUT2D eigenvalue weighted by molar-refractivity contribution is 6.06. The van der Waals surface area contributed by atoms with Crippen LogP contribution in [0.1, 0.15) is 40.5 Å². The van der Waals surface area contributed by atoms with Crippen LogP contribution in [0.3, 0.4) is 0 Å². The summed E-state index contributed by atoms with van der Waals surface area (Å²) in [6, 6.07) is -0.299. The van der Waals surface area contributed by atoms with Crippen LogP contribution >= 0.6 is 0 Å². The Morgan fingerprint density at radius 1 is 1.24 bits per heavy atom. The fraction of sp³-hybridized carbons (Fsp3) is 0.786. The third-order valence-corrected chi connectivity index (χ3v) is 3.55. The number of hydrogen-bond donors (Lipinski definition) is 3. The van der Waals surface area contributed by atoms with E-state index in [0.717, 1.165) is 19.0 Å². The van der Waals surface area contributed by atoms with E-state index >= 15 is 0 Å². The number of nitrogens with one attached hydrogen (secondary N) is 3. The van der Waals surface area contributed by atoms with E-state index in [0.29, 0.717) is 25.9 Å². The zero-order chi connectivity index (χ0) is 15.9. The molecule has 0 radical (unpaired) electrons. The van der Waals surface area contributed by atoms with Crippen molar-refractivity contribution in [3.8, 4) is 0 Å². The van der Waals surface area contributed by atoms with Crippen LogP contribution in [0.15, 0.2) is 4.99 Å². The second-order valence-electron chi connectivity index (χ2n) is 5.22. The first-order valence-corrected chi connectivity index (χ1v) is 7.64. The Balaban J connectivity index is 2.47. The Morgan fingerprint density at radius 2 is 1.86 bits per heavy atom. The zero-order valence-corrected chi connectivity index (χ0v) is 13.5. The van der Waals surface area contributed by atoms with Crippen LogP contribution in [0.5, 0.6) is 0 Å². The fourth-order valence-electron chi connectivity index (χ4n) is 2.12. The average molecular weight is 297 g/mol. The van der Waals surface area contributed by atoms with Gasteiger partial charge in [-0.25, -0.2) is 4.79 Å². The molecule has 0 bridgehead atoms. The van der Waals surface area contributed by atoms with E-state index in [9.17, 15) is 9.59 Å². The summed E-state index contributed by atoms with van der Waals surface area (Å²) in [4.78, 5) is 29.7. The molecule has 0 aliphatic carbocycles. The summed E-state index contributed by atoms with van der Waals surface area (Å²) >= 11 is 0. The van der Waals surface area contributed by atoms with Gasteiger partial charge in [-0.05, 0) is 33.6 Å². The van der Waals surface area contributed by atoms with Crippen molar-refractivity contribution in [3.63, 3.8) is 0 Å². The summed E-state index contributed by atoms with van der Waals surface area (Å²) in [5, 5.41) is 9.01. The molecular weight excluding hydrogens is 270 g/mol. The maximum Gasteiger partial charge on any atom is 0.325 e. The number of guanidine groups is 1. The van der Waals surface area contributed by atoms with Gasteiger partial charge in [0.15, 0.2) is 5.96 Å². The lowest BCUT2D eigenvalue weighted by molar-refractivity contribution is -0.130. The summed E-state index contributed by atoms with van der Waals surface area (Å²) < 4.78 is 0. The zero-order valence-electron chi connectivity index (χ0n) is 13.5. The number of rotatable bonds is 7. The number of amides is 3. The number of hydrogen-bond acceptors (Lipinski definition) is 3. The minimum Gasteiger partial charge on any atom is -0.357 e. The topological polar surface area (TPSA) is 85.8 Å². The summed E-state index contributed by atoms with van der Waals surface area (Å²) in [6.07, 6.45) is 1.25. The Kier molecular flexibility index (Phi) is 6.45. The van der Waals surface area contributed by atoms with E-state index < -0.39 is 5.54 Å². The molecule has 0 spiro atoms. The fourth-order valence-corrected chi connectivity index (χ4v) is 2.12. The van der Waals surface area contributed by atoms with Crippen LogP contribution in [0.25, 0.3) is 0 Å². The van der Waals surface area contributed by atoms with Gasteiger partial charge in [0, 0.05) is 26.2 Å². The van der Waals surface area contributed by atoms with Gasteiger partial charge in [-0.3, -0.25) is 14.7 Å². The van der Waals surface area contributed by atoms with E-state index in [1.54, 1.807) is 6.92 Å². The molecule has 1 rings (SSSR count). The van der Waals surface area contributed by atoms with Crippen LogP contribution in [0, 0.1) is 0 Å². The van der Waals surface area contributed by atoms with Crippen molar-refractivity contribution in [2.75, 3.05) is 26.2 Å². The van der Waals surface area contributed by atoms with Gasteiger partial charge < -0.3 is 16.0 Å². The van der Waals surface area contributed by atoms with Gasteiger partial charge in [0.1, 0.15) is 5.54 Å². The van der Waals surface area contributed by atoms with Gasteiger partial charge in [-0.1, -0.05) is 6.92 Å². The number of carbonyl (C=O) groups is 2. The molecule has 7 nitrogen and oxygen atoms in total. The molecule has 1 unspecified atom stereocenters. The van der Waals surface area contributed by atoms with Crippen LogP contribution in [0.4, 0.5) is 4.79 Å². The molecular formula is C14H27N5O2. The maximum atomic E-state index is 12.2. The highest BCUT2D eigenvalue weighted by atomic mass is 16.2. The second-order valence-corrected chi connectivity index (χ2v) is 5.22. The van der Waals surface area contributed by atoms with Crippen molar-refractivity contribution in [3.05, 3.63) is 0 Å². The van der Waals surface area contributed by atoms with Crippen LogP contribution in [-0.2, 0) is 4.79 Å². The Hall–Kier alpha value is -1.79. The molecule has 0 aromatic heterocycles. The van der Waals surface area contributed by atoms with Crippen LogP contribution in [0.2, 0.25) is 0 Å². The predicted octanol–water partition coefficient (Wildman–Crippen LogP) is 0.672. The Bertz CT molecular complexity index is 402. The predicted molar refractivity (Wildman–Crippen MR) is 83.2 cm³/mol. The first-order chi connectivity index (χ1) is 9.98. The molecule has 3 amide bonds. The minimum absolute atomic E-state index is 0.141. The van der Waals surface area contributed by atoms with Gasteiger partial charge in [-0.15, -0.1) is 0 Å². The molecule has 0 saturated carbocycles. The number of carbonyl (C=O) groups excluding carboxylic acids is 2. The molecule has 7 heteroatoms. The number of imide groups is 1. The van der Waals surface area contributed by atoms with Gasteiger partial charge in [-0.2, -0.15) is 0 Å². The Labute approximate surface area is 126 Å². The van der Waals surface area contributed by atoms with Crippen molar-refractivity contribution in [1.29, 1.82) is 0 Å². The molecule has 120 valence electrons. The molecule has 1 fully saturated rings. The number of urea groups is 1. The van der Waals surface area contributed by atoms with E-state index in [1.165, 1.54) is 4.90 Å². The summed E-state index contributed by atoms with van der Waals surface area (Å²) in [5.41, 5.74) is -0.751. The normalized spacial score (nSPS) is 21.2. The lowest BCUT2D eigenvalue weighted by atomic mass is 9.99. The highest BCUT2D eigenvalue weighted by Crippen LogP contribution is 2.20. The molecule has 1 aliphatic rings. The smallest absolute Gasteiger partial charge is 0.325 e. The first-order valence-electron chi connectivity index (χ1n) is 7.64. The first kappa shape index (κ1) is 17.3. The van der Waals surface area contributed by atoms with E-state index in [-0.39, 0.29) is 11.9 Å². The van der Waals surface area contributed by atoms with Crippen molar-refractivity contribution in [1.82, 2.24) is 20.9 Å². The monoisotopic (exact) mass is 297 g/mol. The molecule has 21 heavy (non-hydrogen) atoms. The van der Waals surface area contributed by atoms with Gasteiger partial charge in [0.2, 0.25) is 0 Å². The van der Waals surface area contributed by atoms with Crippen molar-refractivity contribution in [2.45, 2.75) is 46.1 Å². The van der Waals surface area contributed by atoms with Crippen LogP contribution < -0.4 is 16.0 Å². The third-order valence-electron chi connectivity index (χ3n) is 3.55. The summed E-state index contributed by atoms with van der Waals surface area (Å²) in [6.45, 7) is 10.2. The lowest BCUT2D eigenvalue weighted by Crippen LogP contribution is -2.43. The molecule has 1 aliphatic heterocycles. The summed E-state index contributed by atoms with van der Waals surface area (Å²) in [7, 11) is 0. The molecule has 1 saturated heterocycles. The summed E-state index contributed by atoms with van der Waals surface area (Å²) in [5.74, 6) is 0.619. The highest BCUT2D eigenvalue weighted by Gasteiger charge is 2.45. The van der Waals surface area contributed by atoms with E-state index in [2.05, 4.69) is 20.9 Å². The Morgan fingerprint density at radius 3 is 2.33 bits per heavy atom. The van der Waals surface area contributed by atoms with Crippen LogP contribution in [-0.4, -0.2) is 54.5 Å². The molecule has 1 heterocycles. The quantitative estimate of drug-likeness (QED) is 0.279. The average Bonchev–Trinajstić information content (AvgIpc) is 2.67. The molecule has 1 atom stereocenters. The minimum atomic E-state index is -0.751. The SMILES string of the molecule is CCNC(=NCCCN1C(=O)NC(C)(CC)C1=O)NCC. The maximum absolute atomic E-state index is 12.2. The molecule has 3 N–H and O–H groups in total. The van der Waals surface area contributed by atoms with Crippen molar-refractivity contribution >= 4 is 17.9 Å². The van der Waals surface area contributed by atoms with E-state index in [4.69, 9.17) is 0 Å². The lowest BCUT2D eigenvalue weighted by Gasteiger charge is -2.19. The molecule has 0 aromatic rings. The number of aliphatic imine (C=N–C) groups is 1. The van der Waals surface area contributed by atoms with Crippen molar-refractivity contribution < 1.29 is 9.59 Å². The second kappa shape index (κ2) is 7.85. The largest absolute Gasteiger partial charge is 0.357 e. The molecule has 0 aromatic carbocycles. The van der Waals surface area contributed by atoms with Gasteiger partial charge >= 0.3 is 6.03 Å². The van der Waals surface area contributed by atoms with E-state index in [1.807, 2.05) is 20.8 Å². The third kappa shape index (κ3) is 4.34. The van der Waals surface area contributed by atoms with Crippen molar-refractivity contribution in [2.24, 2.45) is 4.99 Å². The number of nitrogens with zero attached hydrogens (tertiary/aromatic N) is 2. The van der Waals surface area contributed by atoms with Gasteiger partial charge in [0.05, 0.1) is 0 Å². The van der Waals surface area contributed by atoms with Gasteiger partial charge in [0.25, 0.3) is 5.91 Å². The standard InChI is InChI=1S/C14H27N5O2/c1-5-14(4)11(20)19(13(21)18-14)10-8-9-17-12(15-6-2)16-7-3/h5-10H2,1-4H3,(H,18,21)(H2,15,16,17).